The number of ether oxygens (including phenoxy) is 2. The number of nitrogens with one attached hydrogen (secondary N) is 1. The summed E-state index contributed by atoms with van der Waals surface area (Å²) in [6, 6.07) is 21.9. The maximum absolute atomic E-state index is 13.1. The van der Waals surface area contributed by atoms with Crippen LogP contribution in [0.2, 0.25) is 0 Å². The van der Waals surface area contributed by atoms with Crippen molar-refractivity contribution < 1.29 is 19.1 Å². The lowest BCUT2D eigenvalue weighted by atomic mass is 10.0. The molecule has 0 radical (unpaired) electrons. The van der Waals surface area contributed by atoms with Gasteiger partial charge in [0.15, 0.2) is 0 Å². The summed E-state index contributed by atoms with van der Waals surface area (Å²) in [5.41, 5.74) is 3.23. The van der Waals surface area contributed by atoms with Crippen LogP contribution >= 0.6 is 0 Å². The summed E-state index contributed by atoms with van der Waals surface area (Å²) in [5.74, 6) is 1.25. The van der Waals surface area contributed by atoms with E-state index in [1.54, 1.807) is 12.0 Å². The fourth-order valence-electron chi connectivity index (χ4n) is 3.95. The topological polar surface area (TPSA) is 67.9 Å². The van der Waals surface area contributed by atoms with Crippen molar-refractivity contribution in [3.8, 4) is 11.5 Å². The zero-order valence-electron chi connectivity index (χ0n) is 18.2. The molecule has 164 valence electrons. The highest BCUT2D eigenvalue weighted by Crippen LogP contribution is 2.34. The van der Waals surface area contributed by atoms with E-state index in [2.05, 4.69) is 5.32 Å². The Morgan fingerprint density at radius 2 is 1.69 bits per heavy atom. The van der Waals surface area contributed by atoms with E-state index < -0.39 is 6.04 Å². The van der Waals surface area contributed by atoms with Gasteiger partial charge in [0.25, 0.3) is 5.91 Å². The number of methoxy groups -OCH3 is 1. The van der Waals surface area contributed by atoms with Gasteiger partial charge in [0.05, 0.1) is 26.2 Å². The second kappa shape index (κ2) is 9.56. The van der Waals surface area contributed by atoms with Gasteiger partial charge in [0.2, 0.25) is 5.91 Å². The van der Waals surface area contributed by atoms with E-state index in [1.807, 2.05) is 79.7 Å². The van der Waals surface area contributed by atoms with Gasteiger partial charge in [-0.1, -0.05) is 30.3 Å². The molecule has 2 amide bonds. The SMILES string of the molecule is CCOc1ccc(NC(=O)C[C@H](c2ccc(OC)cc2)N2Cc3ccccc3C2=O)cc1. The van der Waals surface area contributed by atoms with Crippen molar-refractivity contribution in [2.24, 2.45) is 0 Å². The molecule has 0 spiro atoms. The molecule has 1 heterocycles. The van der Waals surface area contributed by atoms with Crippen molar-refractivity contribution in [3.63, 3.8) is 0 Å². The van der Waals surface area contributed by atoms with Crippen LogP contribution in [0.5, 0.6) is 11.5 Å². The third-order valence-electron chi connectivity index (χ3n) is 5.55. The highest BCUT2D eigenvalue weighted by Gasteiger charge is 2.34. The van der Waals surface area contributed by atoms with Crippen molar-refractivity contribution in [2.75, 3.05) is 19.0 Å². The average molecular weight is 431 g/mol. The molecule has 0 saturated carbocycles. The lowest BCUT2D eigenvalue weighted by Crippen LogP contribution is -2.32. The smallest absolute Gasteiger partial charge is 0.255 e. The number of rotatable bonds is 8. The van der Waals surface area contributed by atoms with Gasteiger partial charge in [-0.15, -0.1) is 0 Å². The summed E-state index contributed by atoms with van der Waals surface area (Å²) < 4.78 is 10.7. The Hall–Kier alpha value is -3.80. The molecule has 0 bridgehead atoms. The third kappa shape index (κ3) is 4.59. The third-order valence-corrected chi connectivity index (χ3v) is 5.55. The summed E-state index contributed by atoms with van der Waals surface area (Å²) >= 11 is 0. The van der Waals surface area contributed by atoms with Gasteiger partial charge in [0, 0.05) is 17.8 Å². The molecule has 3 aromatic carbocycles. The van der Waals surface area contributed by atoms with Crippen molar-refractivity contribution in [1.82, 2.24) is 4.90 Å². The van der Waals surface area contributed by atoms with Crippen LogP contribution in [0.3, 0.4) is 0 Å². The van der Waals surface area contributed by atoms with E-state index in [9.17, 15) is 9.59 Å². The van der Waals surface area contributed by atoms with Gasteiger partial charge in [-0.25, -0.2) is 0 Å². The van der Waals surface area contributed by atoms with Crippen LogP contribution in [0.1, 0.15) is 40.9 Å². The van der Waals surface area contributed by atoms with Crippen LogP contribution in [-0.2, 0) is 11.3 Å². The number of fused-ring (bicyclic) bond motifs is 1. The maximum Gasteiger partial charge on any atom is 0.255 e. The predicted octanol–water partition coefficient (Wildman–Crippen LogP) is 4.82. The molecule has 1 aliphatic rings. The van der Waals surface area contributed by atoms with E-state index in [0.717, 1.165) is 22.6 Å². The van der Waals surface area contributed by atoms with Gasteiger partial charge < -0.3 is 19.7 Å². The molecule has 3 aromatic rings. The normalized spacial score (nSPS) is 13.4. The summed E-state index contributed by atoms with van der Waals surface area (Å²) in [7, 11) is 1.61. The lowest BCUT2D eigenvalue weighted by Gasteiger charge is -2.28. The number of amides is 2. The van der Waals surface area contributed by atoms with Crippen LogP contribution in [0.25, 0.3) is 0 Å². The number of hydrogen-bond acceptors (Lipinski definition) is 4. The van der Waals surface area contributed by atoms with E-state index in [1.165, 1.54) is 0 Å². The first-order valence-electron chi connectivity index (χ1n) is 10.6. The molecule has 1 N–H and O–H groups in total. The highest BCUT2D eigenvalue weighted by atomic mass is 16.5. The summed E-state index contributed by atoms with van der Waals surface area (Å²) in [5, 5.41) is 2.94. The fraction of sp³-hybridized carbons (Fsp3) is 0.231. The molecular formula is C26H26N2O4. The van der Waals surface area contributed by atoms with E-state index in [4.69, 9.17) is 9.47 Å². The molecule has 0 fully saturated rings. The van der Waals surface area contributed by atoms with Crippen molar-refractivity contribution in [3.05, 3.63) is 89.5 Å². The molecule has 0 aromatic heterocycles. The largest absolute Gasteiger partial charge is 0.497 e. The first kappa shape index (κ1) is 21.4. The number of benzene rings is 3. The predicted molar refractivity (Wildman–Crippen MR) is 123 cm³/mol. The maximum atomic E-state index is 13.1. The van der Waals surface area contributed by atoms with Crippen molar-refractivity contribution in [1.29, 1.82) is 0 Å². The Balaban J connectivity index is 1.55. The van der Waals surface area contributed by atoms with E-state index in [0.29, 0.717) is 24.4 Å². The summed E-state index contributed by atoms with van der Waals surface area (Å²) in [6.45, 7) is 2.98. The number of hydrogen-bond donors (Lipinski definition) is 1. The number of carbonyl (C=O) groups excluding carboxylic acids is 2. The molecule has 4 rings (SSSR count). The standard InChI is InChI=1S/C26H26N2O4/c1-3-32-22-14-10-20(11-15-22)27-25(29)16-24(18-8-12-21(31-2)13-9-18)28-17-19-6-4-5-7-23(19)26(28)30/h4-15,24H,3,16-17H2,1-2H3,(H,27,29)/t24-/m1/s1. The molecule has 6 nitrogen and oxygen atoms in total. The zero-order valence-corrected chi connectivity index (χ0v) is 18.2. The minimum absolute atomic E-state index is 0.0599. The van der Waals surface area contributed by atoms with E-state index >= 15 is 0 Å². The second-order valence-corrected chi connectivity index (χ2v) is 7.59. The average Bonchev–Trinajstić information content (AvgIpc) is 3.15. The number of anilines is 1. The van der Waals surface area contributed by atoms with Crippen LogP contribution < -0.4 is 14.8 Å². The van der Waals surface area contributed by atoms with Crippen LogP contribution in [0, 0.1) is 0 Å². The molecule has 0 unspecified atom stereocenters. The van der Waals surface area contributed by atoms with Gasteiger partial charge in [-0.3, -0.25) is 9.59 Å². The Bertz CT molecular complexity index is 1090. The molecule has 6 heteroatoms. The quantitative estimate of drug-likeness (QED) is 0.556. The Labute approximate surface area is 187 Å². The first-order valence-corrected chi connectivity index (χ1v) is 10.6. The van der Waals surface area contributed by atoms with E-state index in [-0.39, 0.29) is 18.2 Å². The first-order chi connectivity index (χ1) is 15.6. The van der Waals surface area contributed by atoms with Gasteiger partial charge in [-0.2, -0.15) is 0 Å². The van der Waals surface area contributed by atoms with Gasteiger partial charge in [0.1, 0.15) is 11.5 Å². The van der Waals surface area contributed by atoms with Gasteiger partial charge in [-0.05, 0) is 60.5 Å². The van der Waals surface area contributed by atoms with Crippen molar-refractivity contribution in [2.45, 2.75) is 25.9 Å². The monoisotopic (exact) mass is 430 g/mol. The summed E-state index contributed by atoms with van der Waals surface area (Å²) in [4.78, 5) is 27.9. The number of carbonyl (C=O) groups is 2. The Kier molecular flexibility index (Phi) is 6.40. The van der Waals surface area contributed by atoms with Gasteiger partial charge >= 0.3 is 0 Å². The fourth-order valence-corrected chi connectivity index (χ4v) is 3.95. The van der Waals surface area contributed by atoms with Crippen LogP contribution in [0.4, 0.5) is 5.69 Å². The Morgan fingerprint density at radius 3 is 2.34 bits per heavy atom. The minimum Gasteiger partial charge on any atom is -0.497 e. The zero-order chi connectivity index (χ0) is 22.5. The molecular weight excluding hydrogens is 404 g/mol. The molecule has 32 heavy (non-hydrogen) atoms. The molecule has 1 atom stereocenters. The minimum atomic E-state index is -0.400. The van der Waals surface area contributed by atoms with Crippen LogP contribution in [0.15, 0.2) is 72.8 Å². The molecule has 1 aliphatic heterocycles. The van der Waals surface area contributed by atoms with Crippen molar-refractivity contribution >= 4 is 17.5 Å². The number of nitrogens with zero attached hydrogens (tertiary/aromatic N) is 1. The second-order valence-electron chi connectivity index (χ2n) is 7.59. The summed E-state index contributed by atoms with van der Waals surface area (Å²) in [6.07, 6.45) is 0.138. The molecule has 0 aliphatic carbocycles. The lowest BCUT2D eigenvalue weighted by molar-refractivity contribution is -0.117. The Morgan fingerprint density at radius 1 is 1.00 bits per heavy atom. The highest BCUT2D eigenvalue weighted by molar-refractivity contribution is 5.99. The molecule has 0 saturated heterocycles. The van der Waals surface area contributed by atoms with Crippen LogP contribution in [-0.4, -0.2) is 30.4 Å².